The molecule has 0 aliphatic carbocycles. The Morgan fingerprint density at radius 1 is 1.09 bits per heavy atom. The molecule has 3 amide bonds. The maximum absolute atomic E-state index is 14.6. The average Bonchev–Trinajstić information content (AvgIpc) is 2.99. The quantitative estimate of drug-likeness (QED) is 0.283. The number of hydrogen-bond donors (Lipinski definition) is 0. The first kappa shape index (κ1) is 36.0. The van der Waals surface area contributed by atoms with Crippen LogP contribution in [0.5, 0.6) is 5.75 Å². The highest BCUT2D eigenvalue weighted by molar-refractivity contribution is 6.05. The van der Waals surface area contributed by atoms with Gasteiger partial charge in [-0.25, -0.2) is 4.79 Å². The third-order valence-electron chi connectivity index (χ3n) is 8.56. The van der Waals surface area contributed by atoms with Crippen molar-refractivity contribution in [3.05, 3.63) is 59.2 Å². The molecule has 0 N–H and O–H groups in total. The number of carbonyl (C=O) groups excluding carboxylic acids is 3. The number of fused-ring (bicyclic) bond motifs is 1. The Balaban J connectivity index is 1.74. The Morgan fingerprint density at radius 3 is 2.38 bits per heavy atom. The van der Waals surface area contributed by atoms with Crippen LogP contribution in [-0.2, 0) is 26.9 Å². The van der Waals surface area contributed by atoms with Crippen molar-refractivity contribution < 1.29 is 41.8 Å². The van der Waals surface area contributed by atoms with Gasteiger partial charge in [0.15, 0.2) is 5.60 Å². The molecule has 2 aliphatic rings. The van der Waals surface area contributed by atoms with E-state index >= 15 is 0 Å². The number of halogens is 3. The first-order chi connectivity index (χ1) is 21.9. The molecule has 4 rings (SSSR count). The molecular formula is C35H46F3N3O6. The third-order valence-corrected chi connectivity index (χ3v) is 8.56. The minimum Gasteiger partial charge on any atom is -0.476 e. The summed E-state index contributed by atoms with van der Waals surface area (Å²) in [6, 6.07) is 11.0. The summed E-state index contributed by atoms with van der Waals surface area (Å²) in [5, 5.41) is 0. The lowest BCUT2D eigenvalue weighted by Crippen LogP contribution is -2.56. The molecule has 0 saturated carbocycles. The van der Waals surface area contributed by atoms with E-state index in [1.54, 1.807) is 27.9 Å². The number of likely N-dealkylation sites (N-methyl/N-ethyl adjacent to an activating group) is 1. The van der Waals surface area contributed by atoms with Crippen LogP contribution in [0.1, 0.15) is 75.4 Å². The van der Waals surface area contributed by atoms with Crippen molar-refractivity contribution in [3.63, 3.8) is 0 Å². The van der Waals surface area contributed by atoms with Crippen molar-refractivity contribution in [2.75, 3.05) is 45.3 Å². The number of nitrogens with zero attached hydrogens (tertiary/aromatic N) is 3. The summed E-state index contributed by atoms with van der Waals surface area (Å²) in [5.74, 6) is -1.56. The number of likely N-dealkylation sites (tertiary alicyclic amines) is 1. The maximum atomic E-state index is 14.6. The number of hydrogen-bond acceptors (Lipinski definition) is 6. The number of rotatable bonds is 9. The first-order valence-electron chi connectivity index (χ1n) is 16.0. The number of benzene rings is 2. The lowest BCUT2D eigenvalue weighted by Gasteiger charge is -2.43. The molecular weight excluding hydrogens is 615 g/mol. The lowest BCUT2D eigenvalue weighted by atomic mass is 9.85. The highest BCUT2D eigenvalue weighted by Crippen LogP contribution is 2.44. The zero-order valence-electron chi connectivity index (χ0n) is 28.3. The zero-order chi connectivity index (χ0) is 34.7. The molecule has 9 nitrogen and oxygen atoms in total. The summed E-state index contributed by atoms with van der Waals surface area (Å²) >= 11 is 0. The molecule has 2 aromatic rings. The van der Waals surface area contributed by atoms with Crippen LogP contribution in [0.4, 0.5) is 23.7 Å². The van der Waals surface area contributed by atoms with E-state index in [-0.39, 0.29) is 30.4 Å². The molecule has 1 saturated heterocycles. The van der Waals surface area contributed by atoms with Gasteiger partial charge >= 0.3 is 12.3 Å². The van der Waals surface area contributed by atoms with Crippen molar-refractivity contribution in [2.45, 2.75) is 83.7 Å². The molecule has 2 atom stereocenters. The predicted molar refractivity (Wildman–Crippen MR) is 172 cm³/mol. The van der Waals surface area contributed by atoms with Gasteiger partial charge in [0.05, 0.1) is 22.9 Å². The van der Waals surface area contributed by atoms with Gasteiger partial charge in [-0.1, -0.05) is 30.3 Å². The number of methoxy groups -OCH3 is 1. The molecule has 1 fully saturated rings. The van der Waals surface area contributed by atoms with E-state index in [0.29, 0.717) is 38.8 Å². The van der Waals surface area contributed by atoms with Gasteiger partial charge in [-0.15, -0.1) is 0 Å². The number of piperidine rings is 1. The molecule has 0 spiro atoms. The van der Waals surface area contributed by atoms with Crippen molar-refractivity contribution in [2.24, 2.45) is 5.92 Å². The topological polar surface area (TPSA) is 88.6 Å². The second-order valence-corrected chi connectivity index (χ2v) is 13.8. The van der Waals surface area contributed by atoms with Gasteiger partial charge in [0.1, 0.15) is 11.4 Å². The van der Waals surface area contributed by atoms with Crippen LogP contribution in [0.25, 0.3) is 0 Å². The second kappa shape index (κ2) is 14.1. The fraction of sp³-hybridized carbons (Fsp3) is 0.571. The first-order valence-corrected chi connectivity index (χ1v) is 16.0. The Bertz CT molecular complexity index is 1440. The standard InChI is InChI=1S/C35H46F3N3O6/c1-33(2,3)47-32(44)40-17-15-24(19-23-13-9-8-10-14-23)28(22-40)39(6)30(42)25-20-27-29(21-26(25)35(36,37)38)46-34(4,5)31(43)41(27)16-11-12-18-45-7/h8-10,13-14,20-21,24,28H,11-12,15-19,22H2,1-7H3/t24-,28-/m0/s1. The van der Waals surface area contributed by atoms with Gasteiger partial charge in [-0.2, -0.15) is 13.2 Å². The van der Waals surface area contributed by atoms with Crippen molar-refractivity contribution >= 4 is 23.6 Å². The van der Waals surface area contributed by atoms with Gasteiger partial charge in [-0.05, 0) is 83.9 Å². The Kier molecular flexibility index (Phi) is 10.8. The van der Waals surface area contributed by atoms with Crippen LogP contribution in [-0.4, -0.2) is 85.3 Å². The Morgan fingerprint density at radius 2 is 1.77 bits per heavy atom. The third kappa shape index (κ3) is 8.57. The second-order valence-electron chi connectivity index (χ2n) is 13.8. The number of alkyl halides is 3. The fourth-order valence-corrected chi connectivity index (χ4v) is 6.17. The molecule has 2 aliphatic heterocycles. The Labute approximate surface area is 274 Å². The van der Waals surface area contributed by atoms with E-state index in [0.717, 1.165) is 17.7 Å². The van der Waals surface area contributed by atoms with E-state index < -0.39 is 52.5 Å². The molecule has 258 valence electrons. The smallest absolute Gasteiger partial charge is 0.417 e. The minimum atomic E-state index is -4.89. The number of carbonyl (C=O) groups is 3. The molecule has 2 heterocycles. The van der Waals surface area contributed by atoms with Gasteiger partial charge in [0.2, 0.25) is 0 Å². The molecule has 47 heavy (non-hydrogen) atoms. The van der Waals surface area contributed by atoms with Crippen molar-refractivity contribution in [1.82, 2.24) is 9.80 Å². The molecule has 2 aromatic carbocycles. The van der Waals surface area contributed by atoms with E-state index in [9.17, 15) is 27.6 Å². The average molecular weight is 662 g/mol. The summed E-state index contributed by atoms with van der Waals surface area (Å²) in [6.45, 7) is 9.42. The van der Waals surface area contributed by atoms with Crippen molar-refractivity contribution in [1.29, 1.82) is 0 Å². The number of ether oxygens (including phenoxy) is 3. The largest absolute Gasteiger partial charge is 0.476 e. The highest BCUT2D eigenvalue weighted by Gasteiger charge is 2.45. The van der Waals surface area contributed by atoms with Gasteiger partial charge in [-0.3, -0.25) is 9.59 Å². The van der Waals surface area contributed by atoms with E-state index in [1.807, 2.05) is 30.3 Å². The lowest BCUT2D eigenvalue weighted by molar-refractivity contribution is -0.138. The molecule has 0 aromatic heterocycles. The van der Waals surface area contributed by atoms with Crippen molar-refractivity contribution in [3.8, 4) is 5.75 Å². The maximum Gasteiger partial charge on any atom is 0.417 e. The normalized spacial score (nSPS) is 19.6. The number of amides is 3. The summed E-state index contributed by atoms with van der Waals surface area (Å²) in [4.78, 5) is 45.0. The van der Waals surface area contributed by atoms with E-state index in [1.165, 1.54) is 35.6 Å². The number of unbranched alkanes of at least 4 members (excludes halogenated alkanes) is 1. The number of anilines is 1. The fourth-order valence-electron chi connectivity index (χ4n) is 6.17. The van der Waals surface area contributed by atoms with Crippen LogP contribution in [0.15, 0.2) is 42.5 Å². The molecule has 12 heteroatoms. The molecule has 0 unspecified atom stereocenters. The van der Waals surface area contributed by atoms with Gasteiger partial charge in [0.25, 0.3) is 11.8 Å². The van der Waals surface area contributed by atoms with Gasteiger partial charge < -0.3 is 28.9 Å². The van der Waals surface area contributed by atoms with Gasteiger partial charge in [0, 0.05) is 40.4 Å². The summed E-state index contributed by atoms with van der Waals surface area (Å²) in [5.41, 5.74) is -2.78. The Hall–Kier alpha value is -3.80. The van der Waals surface area contributed by atoms with Crippen LogP contribution in [0.3, 0.4) is 0 Å². The van der Waals surface area contributed by atoms with E-state index in [4.69, 9.17) is 14.2 Å². The monoisotopic (exact) mass is 661 g/mol. The minimum absolute atomic E-state index is 0.0857. The molecule has 0 radical (unpaired) electrons. The summed E-state index contributed by atoms with van der Waals surface area (Å²) < 4.78 is 60.4. The highest BCUT2D eigenvalue weighted by atomic mass is 19.4. The predicted octanol–water partition coefficient (Wildman–Crippen LogP) is 6.58. The SMILES string of the molecule is COCCCCN1C(=O)C(C)(C)Oc2cc(C(F)(F)F)c(C(=O)N(C)[C@H]3CN(C(=O)OC(C)(C)C)CC[C@H]3Cc3ccccc3)cc21. The van der Waals surface area contributed by atoms with Crippen LogP contribution < -0.4 is 9.64 Å². The van der Waals surface area contributed by atoms with E-state index in [2.05, 4.69) is 0 Å². The van der Waals surface area contributed by atoms with Crippen LogP contribution in [0, 0.1) is 5.92 Å². The van der Waals surface area contributed by atoms with Crippen LogP contribution >= 0.6 is 0 Å². The summed E-state index contributed by atoms with van der Waals surface area (Å²) in [6.07, 6.45) is -3.20. The molecule has 0 bridgehead atoms. The van der Waals surface area contributed by atoms with Crippen LogP contribution in [0.2, 0.25) is 0 Å². The summed E-state index contributed by atoms with van der Waals surface area (Å²) in [7, 11) is 3.03. The zero-order valence-corrected chi connectivity index (χ0v) is 28.3.